The van der Waals surface area contributed by atoms with E-state index in [0.29, 0.717) is 17.2 Å². The van der Waals surface area contributed by atoms with Crippen molar-refractivity contribution in [1.29, 1.82) is 0 Å². The third-order valence-corrected chi connectivity index (χ3v) is 4.48. The van der Waals surface area contributed by atoms with Crippen molar-refractivity contribution in [3.8, 4) is 11.3 Å². The molecule has 6 heteroatoms. The number of rotatable bonds is 6. The maximum Gasteiger partial charge on any atom is 0.248 e. The number of nitrogens with one attached hydrogen (secondary N) is 2. The highest BCUT2D eigenvalue weighted by Crippen LogP contribution is 2.27. The first-order valence-corrected chi connectivity index (χ1v) is 9.42. The lowest BCUT2D eigenvalue weighted by Gasteiger charge is -2.04. The minimum absolute atomic E-state index is 0.0675. The summed E-state index contributed by atoms with van der Waals surface area (Å²) in [6.45, 7) is 1.79. The van der Waals surface area contributed by atoms with Gasteiger partial charge in [0.15, 0.2) is 5.13 Å². The molecule has 0 bridgehead atoms. The van der Waals surface area contributed by atoms with Crippen LogP contribution in [-0.2, 0) is 9.59 Å². The summed E-state index contributed by atoms with van der Waals surface area (Å²) in [5.74, 6) is -0.271. The first kappa shape index (κ1) is 18.5. The molecule has 0 saturated heterocycles. The number of benzene rings is 2. The van der Waals surface area contributed by atoms with Gasteiger partial charge in [0.1, 0.15) is 0 Å². The van der Waals surface area contributed by atoms with E-state index in [-0.39, 0.29) is 11.8 Å². The standard InChI is InChI=1S/C21H19N3O2S/c1-2-19(25)24-21-23-18(14-27-21)16-9-6-10-17(13-16)22-20(26)12-11-15-7-4-3-5-8-15/h3-14H,2H2,1H3,(H,22,26)(H,23,24,25). The Kier molecular flexibility index (Phi) is 6.12. The summed E-state index contributed by atoms with van der Waals surface area (Å²) in [5, 5.41) is 8.04. The Morgan fingerprint density at radius 3 is 2.67 bits per heavy atom. The van der Waals surface area contributed by atoms with Crippen LogP contribution in [0.2, 0.25) is 0 Å². The second-order valence-electron chi connectivity index (χ2n) is 5.75. The van der Waals surface area contributed by atoms with Gasteiger partial charge in [0.05, 0.1) is 5.69 Å². The van der Waals surface area contributed by atoms with E-state index in [2.05, 4.69) is 15.6 Å². The van der Waals surface area contributed by atoms with Crippen LogP contribution < -0.4 is 10.6 Å². The SMILES string of the molecule is CCC(=O)Nc1nc(-c2cccc(NC(=O)C=Cc3ccccc3)c2)cs1. The molecule has 2 N–H and O–H groups in total. The smallest absolute Gasteiger partial charge is 0.248 e. The van der Waals surface area contributed by atoms with Gasteiger partial charge in [-0.1, -0.05) is 49.4 Å². The molecule has 0 aliphatic rings. The highest BCUT2D eigenvalue weighted by molar-refractivity contribution is 7.14. The molecule has 0 radical (unpaired) electrons. The van der Waals surface area contributed by atoms with Gasteiger partial charge in [-0.3, -0.25) is 9.59 Å². The number of carbonyl (C=O) groups is 2. The summed E-state index contributed by atoms with van der Waals surface area (Å²) in [6.07, 6.45) is 3.68. The molecular formula is C21H19N3O2S. The van der Waals surface area contributed by atoms with Crippen molar-refractivity contribution in [3.63, 3.8) is 0 Å². The Bertz CT molecular complexity index is 964. The van der Waals surface area contributed by atoms with Crippen LogP contribution in [0, 0.1) is 0 Å². The number of carbonyl (C=O) groups excluding carboxylic acids is 2. The zero-order chi connectivity index (χ0) is 19.1. The van der Waals surface area contributed by atoms with Crippen molar-refractivity contribution in [1.82, 2.24) is 4.98 Å². The molecule has 2 aromatic carbocycles. The highest BCUT2D eigenvalue weighted by Gasteiger charge is 2.08. The first-order chi connectivity index (χ1) is 13.1. The Morgan fingerprint density at radius 2 is 1.89 bits per heavy atom. The molecule has 3 aromatic rings. The van der Waals surface area contributed by atoms with Gasteiger partial charge in [-0.2, -0.15) is 0 Å². The Labute approximate surface area is 161 Å². The van der Waals surface area contributed by atoms with Gasteiger partial charge in [0, 0.05) is 29.1 Å². The summed E-state index contributed by atoms with van der Waals surface area (Å²) >= 11 is 1.37. The second kappa shape index (κ2) is 8.91. The fourth-order valence-corrected chi connectivity index (χ4v) is 3.08. The van der Waals surface area contributed by atoms with E-state index in [1.165, 1.54) is 17.4 Å². The van der Waals surface area contributed by atoms with E-state index < -0.39 is 0 Å². The first-order valence-electron chi connectivity index (χ1n) is 8.54. The van der Waals surface area contributed by atoms with Crippen molar-refractivity contribution in [2.45, 2.75) is 13.3 Å². The van der Waals surface area contributed by atoms with E-state index in [0.717, 1.165) is 16.8 Å². The molecule has 0 fully saturated rings. The van der Waals surface area contributed by atoms with Gasteiger partial charge in [-0.05, 0) is 23.8 Å². The van der Waals surface area contributed by atoms with Gasteiger partial charge in [0.2, 0.25) is 11.8 Å². The van der Waals surface area contributed by atoms with Crippen molar-refractivity contribution in [3.05, 3.63) is 71.6 Å². The Hall–Kier alpha value is -3.25. The molecule has 0 spiro atoms. The van der Waals surface area contributed by atoms with Crippen molar-refractivity contribution >= 4 is 40.0 Å². The summed E-state index contributed by atoms with van der Waals surface area (Å²) < 4.78 is 0. The molecule has 0 saturated carbocycles. The molecule has 0 unspecified atom stereocenters. The van der Waals surface area contributed by atoms with Gasteiger partial charge in [-0.25, -0.2) is 4.98 Å². The zero-order valence-corrected chi connectivity index (χ0v) is 15.6. The van der Waals surface area contributed by atoms with E-state index in [9.17, 15) is 9.59 Å². The van der Waals surface area contributed by atoms with Crippen LogP contribution >= 0.6 is 11.3 Å². The number of aromatic nitrogens is 1. The zero-order valence-electron chi connectivity index (χ0n) is 14.8. The number of amides is 2. The summed E-state index contributed by atoms with van der Waals surface area (Å²) in [6, 6.07) is 17.1. The van der Waals surface area contributed by atoms with Gasteiger partial charge >= 0.3 is 0 Å². The number of anilines is 2. The maximum absolute atomic E-state index is 12.1. The topological polar surface area (TPSA) is 71.1 Å². The number of nitrogens with zero attached hydrogens (tertiary/aromatic N) is 1. The molecule has 0 aliphatic carbocycles. The Balaban J connectivity index is 1.67. The summed E-state index contributed by atoms with van der Waals surface area (Å²) in [7, 11) is 0. The molecule has 1 heterocycles. The number of hydrogen-bond acceptors (Lipinski definition) is 4. The molecule has 1 aromatic heterocycles. The van der Waals surface area contributed by atoms with E-state index in [4.69, 9.17) is 0 Å². The molecular weight excluding hydrogens is 358 g/mol. The van der Waals surface area contributed by atoms with Gasteiger partial charge in [0.25, 0.3) is 0 Å². The third-order valence-electron chi connectivity index (χ3n) is 3.72. The average molecular weight is 377 g/mol. The van der Waals surface area contributed by atoms with Crippen molar-refractivity contribution < 1.29 is 9.59 Å². The predicted molar refractivity (Wildman–Crippen MR) is 111 cm³/mol. The number of thiazole rings is 1. The summed E-state index contributed by atoms with van der Waals surface area (Å²) in [5.41, 5.74) is 3.27. The third kappa shape index (κ3) is 5.36. The fourth-order valence-electron chi connectivity index (χ4n) is 2.35. The van der Waals surface area contributed by atoms with E-state index in [1.807, 2.05) is 60.0 Å². The van der Waals surface area contributed by atoms with Gasteiger partial charge < -0.3 is 10.6 Å². The van der Waals surface area contributed by atoms with Crippen LogP contribution in [0.5, 0.6) is 0 Å². The minimum Gasteiger partial charge on any atom is -0.322 e. The van der Waals surface area contributed by atoms with Crippen LogP contribution in [0.3, 0.4) is 0 Å². The fraction of sp³-hybridized carbons (Fsp3) is 0.0952. The average Bonchev–Trinajstić information content (AvgIpc) is 3.16. The monoisotopic (exact) mass is 377 g/mol. The van der Waals surface area contributed by atoms with Crippen molar-refractivity contribution in [2.24, 2.45) is 0 Å². The lowest BCUT2D eigenvalue weighted by molar-refractivity contribution is -0.116. The quantitative estimate of drug-likeness (QED) is 0.606. The van der Waals surface area contributed by atoms with Crippen LogP contribution in [0.15, 0.2) is 66.1 Å². The molecule has 5 nitrogen and oxygen atoms in total. The molecule has 0 aliphatic heterocycles. The molecule has 27 heavy (non-hydrogen) atoms. The van der Waals surface area contributed by atoms with Gasteiger partial charge in [-0.15, -0.1) is 11.3 Å². The highest BCUT2D eigenvalue weighted by atomic mass is 32.1. The molecule has 3 rings (SSSR count). The second-order valence-corrected chi connectivity index (χ2v) is 6.61. The summed E-state index contributed by atoms with van der Waals surface area (Å²) in [4.78, 5) is 28.0. The molecule has 136 valence electrons. The number of hydrogen-bond donors (Lipinski definition) is 2. The minimum atomic E-state index is -0.204. The largest absolute Gasteiger partial charge is 0.322 e. The molecule has 0 atom stereocenters. The Morgan fingerprint density at radius 1 is 1.07 bits per heavy atom. The normalized spacial score (nSPS) is 10.7. The lowest BCUT2D eigenvalue weighted by atomic mass is 10.1. The van der Waals surface area contributed by atoms with E-state index >= 15 is 0 Å². The van der Waals surface area contributed by atoms with Crippen LogP contribution in [-0.4, -0.2) is 16.8 Å². The van der Waals surface area contributed by atoms with Crippen molar-refractivity contribution in [2.75, 3.05) is 10.6 Å². The van der Waals surface area contributed by atoms with Crippen LogP contribution in [0.1, 0.15) is 18.9 Å². The molecule has 2 amide bonds. The maximum atomic E-state index is 12.1. The van der Waals surface area contributed by atoms with Crippen LogP contribution in [0.4, 0.5) is 10.8 Å². The van der Waals surface area contributed by atoms with E-state index in [1.54, 1.807) is 13.0 Å². The predicted octanol–water partition coefficient (Wildman–Crippen LogP) is 4.81. The lowest BCUT2D eigenvalue weighted by Crippen LogP contribution is -2.09. The van der Waals surface area contributed by atoms with Crippen LogP contribution in [0.25, 0.3) is 17.3 Å².